The fourth-order valence-electron chi connectivity index (χ4n) is 6.23. The predicted molar refractivity (Wildman–Crippen MR) is 155 cm³/mol. The van der Waals surface area contributed by atoms with Crippen molar-refractivity contribution in [3.63, 3.8) is 0 Å². The first-order valence-electron chi connectivity index (χ1n) is 14.5. The summed E-state index contributed by atoms with van der Waals surface area (Å²) in [4.78, 5) is 41.3. The van der Waals surface area contributed by atoms with Crippen LogP contribution in [-0.4, -0.2) is 58.8 Å². The summed E-state index contributed by atoms with van der Waals surface area (Å²) in [5.41, 5.74) is 3.95. The third-order valence-electron chi connectivity index (χ3n) is 8.61. The Morgan fingerprint density at radius 2 is 1.73 bits per heavy atom. The van der Waals surface area contributed by atoms with Gasteiger partial charge >= 0.3 is 0 Å². The number of hydrogen-bond donors (Lipinski definition) is 2. The van der Waals surface area contributed by atoms with Crippen molar-refractivity contribution in [2.75, 3.05) is 13.1 Å². The summed E-state index contributed by atoms with van der Waals surface area (Å²) in [5, 5.41) is 6.10. The molecule has 1 unspecified atom stereocenters. The summed E-state index contributed by atoms with van der Waals surface area (Å²) in [6.45, 7) is 5.06. The third kappa shape index (κ3) is 5.89. The Balaban J connectivity index is 1.19. The zero-order valence-electron chi connectivity index (χ0n) is 23.3. The Bertz CT molecular complexity index is 1410. The maximum atomic E-state index is 13.2. The molecular weight excluding hydrogens is 516 g/mol. The zero-order valence-corrected chi connectivity index (χ0v) is 23.3. The van der Waals surface area contributed by atoms with Gasteiger partial charge in [-0.2, -0.15) is 0 Å². The molecule has 2 fully saturated rings. The van der Waals surface area contributed by atoms with E-state index in [1.165, 1.54) is 11.1 Å². The molecule has 3 aliphatic heterocycles. The number of nitrogens with one attached hydrogen (secondary N) is 2. The van der Waals surface area contributed by atoms with E-state index >= 15 is 0 Å². The summed E-state index contributed by atoms with van der Waals surface area (Å²) in [7, 11) is 0. The molecule has 4 atom stereocenters. The minimum atomic E-state index is -0.630. The van der Waals surface area contributed by atoms with Gasteiger partial charge in [0, 0.05) is 50.2 Å². The molecule has 3 aromatic carbocycles. The molecule has 3 amide bonds. The predicted octanol–water partition coefficient (Wildman–Crippen LogP) is 3.82. The van der Waals surface area contributed by atoms with E-state index in [1.54, 1.807) is 11.0 Å². The number of carbonyl (C=O) groups excluding carboxylic acids is 3. The Labute approximate surface area is 240 Å². The monoisotopic (exact) mass is 552 g/mol. The molecule has 0 spiro atoms. The number of fused-ring (bicyclic) bond motifs is 1. The lowest BCUT2D eigenvalue weighted by Gasteiger charge is -2.41. The summed E-state index contributed by atoms with van der Waals surface area (Å²) >= 11 is 0. The lowest BCUT2D eigenvalue weighted by Crippen LogP contribution is -2.55. The third-order valence-corrected chi connectivity index (χ3v) is 8.61. The van der Waals surface area contributed by atoms with Gasteiger partial charge in [0.15, 0.2) is 0 Å². The molecule has 212 valence electrons. The van der Waals surface area contributed by atoms with E-state index in [9.17, 15) is 14.4 Å². The molecule has 0 aromatic heterocycles. The number of piperidine rings is 2. The van der Waals surface area contributed by atoms with Crippen molar-refractivity contribution in [3.8, 4) is 5.75 Å². The average Bonchev–Trinajstić information content (AvgIpc) is 3.32. The van der Waals surface area contributed by atoms with Gasteiger partial charge in [0.2, 0.25) is 11.8 Å². The van der Waals surface area contributed by atoms with Crippen LogP contribution < -0.4 is 15.4 Å². The van der Waals surface area contributed by atoms with Crippen molar-refractivity contribution >= 4 is 17.7 Å². The topological polar surface area (TPSA) is 91.0 Å². The van der Waals surface area contributed by atoms with Crippen LogP contribution in [0.3, 0.4) is 0 Å². The number of nitrogens with zero attached hydrogens (tertiary/aromatic N) is 2. The molecule has 3 heterocycles. The molecule has 8 heteroatoms. The fourth-order valence-corrected chi connectivity index (χ4v) is 6.23. The minimum absolute atomic E-state index is 0.0972. The Morgan fingerprint density at radius 1 is 0.976 bits per heavy atom. The van der Waals surface area contributed by atoms with E-state index in [4.69, 9.17) is 4.74 Å². The second-order valence-corrected chi connectivity index (χ2v) is 11.2. The van der Waals surface area contributed by atoms with Crippen molar-refractivity contribution in [2.45, 2.75) is 63.5 Å². The number of benzene rings is 3. The highest BCUT2D eigenvalue weighted by Crippen LogP contribution is 2.32. The van der Waals surface area contributed by atoms with Gasteiger partial charge < -0.3 is 15.0 Å². The van der Waals surface area contributed by atoms with Gasteiger partial charge in [0.25, 0.3) is 5.91 Å². The number of rotatable bonds is 8. The first kappa shape index (κ1) is 27.2. The van der Waals surface area contributed by atoms with Crippen molar-refractivity contribution in [1.29, 1.82) is 0 Å². The van der Waals surface area contributed by atoms with Crippen LogP contribution in [0.1, 0.15) is 59.3 Å². The Morgan fingerprint density at radius 3 is 2.49 bits per heavy atom. The molecular formula is C33H36N4O4. The number of ether oxygens (including phenoxy) is 1. The second-order valence-electron chi connectivity index (χ2n) is 11.2. The van der Waals surface area contributed by atoms with E-state index in [1.807, 2.05) is 24.3 Å². The molecule has 0 saturated carbocycles. The summed E-state index contributed by atoms with van der Waals surface area (Å²) in [5.74, 6) is -0.151. The van der Waals surface area contributed by atoms with Crippen LogP contribution >= 0.6 is 0 Å². The van der Waals surface area contributed by atoms with Crippen LogP contribution in [-0.2, 0) is 22.7 Å². The summed E-state index contributed by atoms with van der Waals surface area (Å²) in [6, 6.07) is 26.3. The van der Waals surface area contributed by atoms with E-state index in [0.29, 0.717) is 24.3 Å². The average molecular weight is 553 g/mol. The fraction of sp³-hybridized carbons (Fsp3) is 0.364. The minimum Gasteiger partial charge on any atom is -0.487 e. The van der Waals surface area contributed by atoms with Gasteiger partial charge in [-0.05, 0) is 54.7 Å². The van der Waals surface area contributed by atoms with Crippen molar-refractivity contribution in [3.05, 3.63) is 101 Å². The molecule has 0 radical (unpaired) electrons. The molecule has 3 aromatic rings. The number of amides is 3. The van der Waals surface area contributed by atoms with Crippen LogP contribution in [0.5, 0.6) is 5.75 Å². The lowest BCUT2D eigenvalue weighted by molar-refractivity contribution is -0.136. The Hall–Kier alpha value is -4.01. The number of hydrogen-bond acceptors (Lipinski definition) is 6. The van der Waals surface area contributed by atoms with Crippen LogP contribution in [0, 0.1) is 0 Å². The number of imide groups is 1. The van der Waals surface area contributed by atoms with Crippen LogP contribution in [0.4, 0.5) is 0 Å². The smallest absolute Gasteiger partial charge is 0.255 e. The van der Waals surface area contributed by atoms with E-state index < -0.39 is 11.9 Å². The van der Waals surface area contributed by atoms with Gasteiger partial charge in [-0.1, -0.05) is 60.7 Å². The van der Waals surface area contributed by atoms with Gasteiger partial charge in [-0.15, -0.1) is 0 Å². The second kappa shape index (κ2) is 11.8. The van der Waals surface area contributed by atoms with Gasteiger partial charge in [-0.3, -0.25) is 24.6 Å². The summed E-state index contributed by atoms with van der Waals surface area (Å²) < 4.78 is 6.69. The quantitative estimate of drug-likeness (QED) is 0.413. The standard InChI is InChI=1S/C33H36N4O4/c1-22(24-10-6-3-7-11-24)36-17-16-28(34-19-23-8-4-2-5-9-23)30(21-36)41-26-12-13-27-25(18-26)20-37(33(27)40)29-14-15-31(38)35-32(29)39/h2-13,18,22,28-30,34H,14-17,19-21H2,1H3,(H,35,38,39)/t22-,28+,29?,30+/m1/s1. The highest BCUT2D eigenvalue weighted by molar-refractivity contribution is 6.05. The highest BCUT2D eigenvalue weighted by Gasteiger charge is 2.39. The van der Waals surface area contributed by atoms with Crippen LogP contribution in [0.2, 0.25) is 0 Å². The first-order valence-corrected chi connectivity index (χ1v) is 14.5. The van der Waals surface area contributed by atoms with E-state index in [0.717, 1.165) is 31.6 Å². The molecule has 2 N–H and O–H groups in total. The van der Waals surface area contributed by atoms with E-state index in [-0.39, 0.29) is 36.4 Å². The molecule has 6 rings (SSSR count). The summed E-state index contributed by atoms with van der Waals surface area (Å²) in [6.07, 6.45) is 1.43. The van der Waals surface area contributed by atoms with Crippen molar-refractivity contribution in [1.82, 2.24) is 20.4 Å². The Kier molecular flexibility index (Phi) is 7.85. The largest absolute Gasteiger partial charge is 0.487 e. The molecule has 3 aliphatic rings. The maximum absolute atomic E-state index is 13.2. The van der Waals surface area contributed by atoms with Crippen LogP contribution in [0.25, 0.3) is 0 Å². The lowest BCUT2D eigenvalue weighted by atomic mass is 9.97. The van der Waals surface area contributed by atoms with Gasteiger partial charge in [-0.25, -0.2) is 0 Å². The van der Waals surface area contributed by atoms with E-state index in [2.05, 4.69) is 71.0 Å². The van der Waals surface area contributed by atoms with Crippen LogP contribution in [0.15, 0.2) is 78.9 Å². The molecule has 41 heavy (non-hydrogen) atoms. The van der Waals surface area contributed by atoms with Crippen molar-refractivity contribution < 1.29 is 19.1 Å². The van der Waals surface area contributed by atoms with Crippen molar-refractivity contribution in [2.24, 2.45) is 0 Å². The SMILES string of the molecule is C[C@H](c1ccccc1)N1CC[C@H](NCc2ccccc2)[C@@H](Oc2ccc3c(c2)CN(C2CCC(=O)NC2=O)C3=O)C1. The zero-order chi connectivity index (χ0) is 28.3. The first-order chi connectivity index (χ1) is 20.0. The highest BCUT2D eigenvalue weighted by atomic mass is 16.5. The normalized spacial score (nSPS) is 23.7. The molecule has 0 bridgehead atoms. The molecule has 8 nitrogen and oxygen atoms in total. The number of likely N-dealkylation sites (tertiary alicyclic amines) is 1. The molecule has 2 saturated heterocycles. The molecule has 0 aliphatic carbocycles. The maximum Gasteiger partial charge on any atom is 0.255 e. The number of carbonyl (C=O) groups is 3. The van der Waals surface area contributed by atoms with Gasteiger partial charge in [0.05, 0.1) is 0 Å². The van der Waals surface area contributed by atoms with Gasteiger partial charge in [0.1, 0.15) is 17.9 Å².